The maximum absolute atomic E-state index is 12.7. The summed E-state index contributed by atoms with van der Waals surface area (Å²) in [4.78, 5) is 0. The number of rotatable bonds is 6. The molecule has 124 valence electrons. The van der Waals surface area contributed by atoms with Crippen molar-refractivity contribution < 1.29 is 8.42 Å². The topological polar surface area (TPSA) is 52.7 Å². The predicted molar refractivity (Wildman–Crippen MR) is 89.8 cm³/mol. The Morgan fingerprint density at radius 1 is 1.29 bits per heavy atom. The summed E-state index contributed by atoms with van der Waals surface area (Å²) in [7, 11) is -1.52. The van der Waals surface area contributed by atoms with Crippen LogP contribution in [0.4, 0.5) is 0 Å². The minimum Gasteiger partial charge on any atom is -0.314 e. The highest BCUT2D eigenvalue weighted by Crippen LogP contribution is 2.26. The van der Waals surface area contributed by atoms with Crippen LogP contribution >= 0.6 is 11.8 Å². The molecular weight excluding hydrogens is 306 g/mol. The molecule has 2 heterocycles. The molecular formula is C14H29N3O2S2. The van der Waals surface area contributed by atoms with Gasteiger partial charge in [0.1, 0.15) is 0 Å². The van der Waals surface area contributed by atoms with Gasteiger partial charge in [0.15, 0.2) is 0 Å². The molecule has 0 amide bonds. The summed E-state index contributed by atoms with van der Waals surface area (Å²) < 4.78 is 28.6. The molecule has 2 saturated heterocycles. The molecule has 0 bridgehead atoms. The van der Waals surface area contributed by atoms with E-state index in [1.54, 1.807) is 15.7 Å². The van der Waals surface area contributed by atoms with Crippen LogP contribution in [-0.4, -0.2) is 67.3 Å². The zero-order chi connectivity index (χ0) is 15.5. The molecule has 0 spiro atoms. The summed E-state index contributed by atoms with van der Waals surface area (Å²) in [5.74, 6) is 2.61. The maximum atomic E-state index is 12.7. The minimum atomic E-state index is -3.27. The van der Waals surface area contributed by atoms with Gasteiger partial charge in [-0.25, -0.2) is 0 Å². The Balaban J connectivity index is 1.85. The lowest BCUT2D eigenvalue weighted by molar-refractivity contribution is 0.244. The highest BCUT2D eigenvalue weighted by molar-refractivity contribution is 7.99. The molecule has 7 heteroatoms. The molecule has 0 aromatic rings. The highest BCUT2D eigenvalue weighted by atomic mass is 32.2. The zero-order valence-electron chi connectivity index (χ0n) is 13.4. The van der Waals surface area contributed by atoms with E-state index in [9.17, 15) is 8.42 Å². The highest BCUT2D eigenvalue weighted by Gasteiger charge is 2.35. The molecule has 21 heavy (non-hydrogen) atoms. The fraction of sp³-hybridized carbons (Fsp3) is 1.00. The van der Waals surface area contributed by atoms with Gasteiger partial charge < -0.3 is 5.32 Å². The van der Waals surface area contributed by atoms with E-state index < -0.39 is 10.2 Å². The monoisotopic (exact) mass is 335 g/mol. The van der Waals surface area contributed by atoms with Gasteiger partial charge in [-0.2, -0.15) is 28.8 Å². The third kappa shape index (κ3) is 4.58. The van der Waals surface area contributed by atoms with Crippen molar-refractivity contribution in [1.82, 2.24) is 13.9 Å². The van der Waals surface area contributed by atoms with Crippen LogP contribution in [0.25, 0.3) is 0 Å². The predicted octanol–water partition coefficient (Wildman–Crippen LogP) is 1.38. The van der Waals surface area contributed by atoms with Gasteiger partial charge in [-0.1, -0.05) is 13.8 Å². The van der Waals surface area contributed by atoms with Gasteiger partial charge in [0, 0.05) is 38.0 Å². The van der Waals surface area contributed by atoms with Crippen molar-refractivity contribution in [3.05, 3.63) is 0 Å². The molecule has 0 aromatic heterocycles. The van der Waals surface area contributed by atoms with E-state index in [4.69, 9.17) is 0 Å². The molecule has 0 radical (unpaired) electrons. The number of piperidine rings is 1. The summed E-state index contributed by atoms with van der Waals surface area (Å²) in [5, 5.41) is 3.46. The Hall–Kier alpha value is 0.180. The zero-order valence-corrected chi connectivity index (χ0v) is 15.0. The Bertz CT molecular complexity index is 414. The number of hydrogen-bond acceptors (Lipinski definition) is 4. The number of hydrogen-bond donors (Lipinski definition) is 1. The first kappa shape index (κ1) is 17.5. The molecule has 2 fully saturated rings. The molecule has 5 nitrogen and oxygen atoms in total. The third-order valence-electron chi connectivity index (χ3n) is 4.50. The standard InChI is InChI=1S/C14H29N3O2S2/c1-12(2)15-10-13-4-7-17(8-5-13)21(18,19)16(3)14-6-9-20-11-14/h12-15H,4-11H2,1-3H3. The van der Waals surface area contributed by atoms with E-state index in [-0.39, 0.29) is 6.04 Å². The molecule has 2 aliphatic rings. The molecule has 2 rings (SSSR count). The Morgan fingerprint density at radius 2 is 1.95 bits per heavy atom. The molecule has 2 aliphatic heterocycles. The Morgan fingerprint density at radius 3 is 2.48 bits per heavy atom. The van der Waals surface area contributed by atoms with Gasteiger partial charge in [0.2, 0.25) is 0 Å². The summed E-state index contributed by atoms with van der Waals surface area (Å²) in [6, 6.07) is 0.679. The quantitative estimate of drug-likeness (QED) is 0.797. The molecule has 0 aliphatic carbocycles. The van der Waals surface area contributed by atoms with E-state index in [1.165, 1.54) is 0 Å². The number of nitrogens with one attached hydrogen (secondary N) is 1. The van der Waals surface area contributed by atoms with Crippen LogP contribution in [0.1, 0.15) is 33.1 Å². The third-order valence-corrected chi connectivity index (χ3v) is 7.69. The van der Waals surface area contributed by atoms with Crippen molar-refractivity contribution >= 4 is 22.0 Å². The van der Waals surface area contributed by atoms with Crippen molar-refractivity contribution in [2.75, 3.05) is 38.2 Å². The van der Waals surface area contributed by atoms with Crippen molar-refractivity contribution in [1.29, 1.82) is 0 Å². The van der Waals surface area contributed by atoms with Gasteiger partial charge in [0.25, 0.3) is 10.2 Å². The van der Waals surface area contributed by atoms with Gasteiger partial charge in [0.05, 0.1) is 0 Å². The molecule has 1 unspecified atom stereocenters. The summed E-state index contributed by atoms with van der Waals surface area (Å²) in [6.07, 6.45) is 2.91. The van der Waals surface area contributed by atoms with Gasteiger partial charge in [-0.05, 0) is 37.5 Å². The SMILES string of the molecule is CC(C)NCC1CCN(S(=O)(=O)N(C)C2CCSC2)CC1. The van der Waals surface area contributed by atoms with Crippen molar-refractivity contribution in [2.24, 2.45) is 5.92 Å². The Labute approximate surface area is 134 Å². The second kappa shape index (κ2) is 7.64. The first-order chi connectivity index (χ1) is 9.91. The van der Waals surface area contributed by atoms with Gasteiger partial charge >= 0.3 is 0 Å². The van der Waals surface area contributed by atoms with E-state index >= 15 is 0 Å². The average molecular weight is 336 g/mol. The van der Waals surface area contributed by atoms with Crippen molar-refractivity contribution in [2.45, 2.75) is 45.2 Å². The normalized spacial score (nSPS) is 26.0. The summed E-state index contributed by atoms with van der Waals surface area (Å²) in [6.45, 7) is 6.62. The number of thioether (sulfide) groups is 1. The van der Waals surface area contributed by atoms with Crippen LogP contribution in [0.5, 0.6) is 0 Å². The maximum Gasteiger partial charge on any atom is 0.282 e. The lowest BCUT2D eigenvalue weighted by Gasteiger charge is -2.35. The van der Waals surface area contributed by atoms with E-state index in [0.29, 0.717) is 25.0 Å². The van der Waals surface area contributed by atoms with Crippen LogP contribution in [0, 0.1) is 5.92 Å². The fourth-order valence-corrected chi connectivity index (χ4v) is 5.88. The van der Waals surface area contributed by atoms with Gasteiger partial charge in [-0.15, -0.1) is 0 Å². The molecule has 1 atom stereocenters. The van der Waals surface area contributed by atoms with Crippen molar-refractivity contribution in [3.63, 3.8) is 0 Å². The van der Waals surface area contributed by atoms with Crippen LogP contribution in [0.3, 0.4) is 0 Å². The van der Waals surface area contributed by atoms with Crippen LogP contribution in [0.2, 0.25) is 0 Å². The van der Waals surface area contributed by atoms with Crippen molar-refractivity contribution in [3.8, 4) is 0 Å². The van der Waals surface area contributed by atoms with E-state index in [2.05, 4.69) is 19.2 Å². The second-order valence-corrected chi connectivity index (χ2v) is 9.58. The van der Waals surface area contributed by atoms with E-state index in [1.807, 2.05) is 11.8 Å². The largest absolute Gasteiger partial charge is 0.314 e. The smallest absolute Gasteiger partial charge is 0.282 e. The number of nitrogens with zero attached hydrogens (tertiary/aromatic N) is 2. The minimum absolute atomic E-state index is 0.181. The molecule has 0 saturated carbocycles. The van der Waals surface area contributed by atoms with Crippen LogP contribution < -0.4 is 5.32 Å². The van der Waals surface area contributed by atoms with E-state index in [0.717, 1.165) is 37.3 Å². The fourth-order valence-electron chi connectivity index (χ4n) is 2.93. The molecule has 1 N–H and O–H groups in total. The first-order valence-electron chi connectivity index (χ1n) is 7.95. The van der Waals surface area contributed by atoms with Crippen LogP contribution in [-0.2, 0) is 10.2 Å². The second-order valence-electron chi connectivity index (χ2n) is 6.45. The molecule has 0 aromatic carbocycles. The Kier molecular flexibility index (Phi) is 6.38. The lowest BCUT2D eigenvalue weighted by Crippen LogP contribution is -2.50. The first-order valence-corrected chi connectivity index (χ1v) is 10.5. The lowest BCUT2D eigenvalue weighted by atomic mass is 9.98. The summed E-state index contributed by atoms with van der Waals surface area (Å²) >= 11 is 1.85. The van der Waals surface area contributed by atoms with Crippen LogP contribution in [0.15, 0.2) is 0 Å². The summed E-state index contributed by atoms with van der Waals surface area (Å²) in [5.41, 5.74) is 0. The average Bonchev–Trinajstić information content (AvgIpc) is 2.98. The van der Waals surface area contributed by atoms with Gasteiger partial charge in [-0.3, -0.25) is 0 Å².